The SMILES string of the molecule is COCCN(C)C(CN)c1ccc(OC(F)(F)F)cc1. The minimum absolute atomic E-state index is 0.0786. The summed E-state index contributed by atoms with van der Waals surface area (Å²) in [5, 5.41) is 0. The number of hydrogen-bond acceptors (Lipinski definition) is 4. The molecule has 4 nitrogen and oxygen atoms in total. The van der Waals surface area contributed by atoms with Gasteiger partial charge in [0.2, 0.25) is 0 Å². The van der Waals surface area contributed by atoms with Crippen LogP contribution in [0.5, 0.6) is 5.75 Å². The molecule has 0 radical (unpaired) electrons. The minimum Gasteiger partial charge on any atom is -0.406 e. The maximum Gasteiger partial charge on any atom is 0.573 e. The highest BCUT2D eigenvalue weighted by Crippen LogP contribution is 2.25. The van der Waals surface area contributed by atoms with Crippen LogP contribution in [-0.2, 0) is 4.74 Å². The second kappa shape index (κ2) is 7.47. The number of likely N-dealkylation sites (N-methyl/N-ethyl adjacent to an activating group) is 1. The lowest BCUT2D eigenvalue weighted by molar-refractivity contribution is -0.274. The number of nitrogens with two attached hydrogens (primary N) is 1. The Morgan fingerprint density at radius 1 is 1.25 bits per heavy atom. The molecule has 0 spiro atoms. The molecule has 1 unspecified atom stereocenters. The summed E-state index contributed by atoms with van der Waals surface area (Å²) in [6.45, 7) is 1.60. The fraction of sp³-hybridized carbons (Fsp3) is 0.538. The fourth-order valence-electron chi connectivity index (χ4n) is 1.85. The lowest BCUT2D eigenvalue weighted by Gasteiger charge is -2.27. The number of benzene rings is 1. The Bertz CT molecular complexity index is 396. The van der Waals surface area contributed by atoms with Crippen LogP contribution in [0.1, 0.15) is 11.6 Å². The molecule has 7 heteroatoms. The van der Waals surface area contributed by atoms with Crippen LogP contribution >= 0.6 is 0 Å². The number of hydrogen-bond donors (Lipinski definition) is 1. The van der Waals surface area contributed by atoms with E-state index < -0.39 is 6.36 Å². The third-order valence-electron chi connectivity index (χ3n) is 2.90. The van der Waals surface area contributed by atoms with Crippen molar-refractivity contribution in [1.82, 2.24) is 4.90 Å². The Morgan fingerprint density at radius 3 is 2.30 bits per heavy atom. The van der Waals surface area contributed by atoms with Gasteiger partial charge in [0.05, 0.1) is 6.61 Å². The van der Waals surface area contributed by atoms with Crippen molar-refractivity contribution < 1.29 is 22.6 Å². The third kappa shape index (κ3) is 5.36. The first-order valence-electron chi connectivity index (χ1n) is 6.12. The van der Waals surface area contributed by atoms with Crippen LogP contribution in [0.15, 0.2) is 24.3 Å². The molecule has 0 aliphatic carbocycles. The van der Waals surface area contributed by atoms with Crippen LogP contribution in [0, 0.1) is 0 Å². The molecule has 2 N–H and O–H groups in total. The van der Waals surface area contributed by atoms with Crippen LogP contribution in [0.3, 0.4) is 0 Å². The van der Waals surface area contributed by atoms with Gasteiger partial charge in [0.15, 0.2) is 0 Å². The van der Waals surface area contributed by atoms with E-state index in [0.29, 0.717) is 19.7 Å². The molecule has 0 fully saturated rings. The van der Waals surface area contributed by atoms with E-state index in [1.54, 1.807) is 19.2 Å². The van der Waals surface area contributed by atoms with Crippen LogP contribution in [0.2, 0.25) is 0 Å². The summed E-state index contributed by atoms with van der Waals surface area (Å²) in [5.74, 6) is -0.239. The molecular formula is C13H19F3N2O2. The van der Waals surface area contributed by atoms with Gasteiger partial charge >= 0.3 is 6.36 Å². The molecule has 0 saturated carbocycles. The summed E-state index contributed by atoms with van der Waals surface area (Å²) >= 11 is 0. The van der Waals surface area contributed by atoms with E-state index in [4.69, 9.17) is 10.5 Å². The molecule has 0 aromatic heterocycles. The monoisotopic (exact) mass is 292 g/mol. The van der Waals surface area contributed by atoms with Gasteiger partial charge < -0.3 is 15.2 Å². The van der Waals surface area contributed by atoms with Crippen LogP contribution in [0.4, 0.5) is 13.2 Å². The zero-order chi connectivity index (χ0) is 15.2. The van der Waals surface area contributed by atoms with Gasteiger partial charge in [-0.2, -0.15) is 0 Å². The maximum atomic E-state index is 12.1. The molecule has 1 aromatic carbocycles. The van der Waals surface area contributed by atoms with Crippen molar-refractivity contribution in [3.05, 3.63) is 29.8 Å². The highest BCUT2D eigenvalue weighted by Gasteiger charge is 2.31. The summed E-state index contributed by atoms with van der Waals surface area (Å²) < 4.78 is 45.0. The molecule has 0 heterocycles. The topological polar surface area (TPSA) is 47.7 Å². The van der Waals surface area contributed by atoms with E-state index in [2.05, 4.69) is 4.74 Å². The van der Waals surface area contributed by atoms with Crippen molar-refractivity contribution in [1.29, 1.82) is 0 Å². The second-order valence-electron chi connectivity index (χ2n) is 4.34. The van der Waals surface area contributed by atoms with Gasteiger partial charge in [-0.1, -0.05) is 12.1 Å². The smallest absolute Gasteiger partial charge is 0.406 e. The molecule has 114 valence electrons. The van der Waals surface area contributed by atoms with Crippen LogP contribution in [-0.4, -0.2) is 45.1 Å². The van der Waals surface area contributed by atoms with Crippen molar-refractivity contribution in [2.24, 2.45) is 5.73 Å². The van der Waals surface area contributed by atoms with E-state index >= 15 is 0 Å². The highest BCUT2D eigenvalue weighted by molar-refractivity contribution is 5.29. The minimum atomic E-state index is -4.68. The first-order chi connectivity index (χ1) is 9.37. The van der Waals surface area contributed by atoms with Gasteiger partial charge in [-0.05, 0) is 24.7 Å². The van der Waals surface area contributed by atoms with E-state index in [9.17, 15) is 13.2 Å². The van der Waals surface area contributed by atoms with Gasteiger partial charge in [0.1, 0.15) is 5.75 Å². The van der Waals surface area contributed by atoms with Crippen molar-refractivity contribution in [3.63, 3.8) is 0 Å². The molecule has 1 atom stereocenters. The largest absolute Gasteiger partial charge is 0.573 e. The summed E-state index contributed by atoms with van der Waals surface area (Å²) in [6, 6.07) is 5.67. The van der Waals surface area contributed by atoms with Gasteiger partial charge in [-0.25, -0.2) is 0 Å². The molecular weight excluding hydrogens is 273 g/mol. The van der Waals surface area contributed by atoms with Gasteiger partial charge in [0, 0.05) is 26.2 Å². The fourth-order valence-corrected chi connectivity index (χ4v) is 1.85. The molecule has 1 rings (SSSR count). The van der Waals surface area contributed by atoms with Gasteiger partial charge in [-0.15, -0.1) is 13.2 Å². The maximum absolute atomic E-state index is 12.1. The van der Waals surface area contributed by atoms with Gasteiger partial charge in [-0.3, -0.25) is 4.90 Å². The number of nitrogens with zero attached hydrogens (tertiary/aromatic N) is 1. The Labute approximate surface area is 116 Å². The number of rotatable bonds is 7. The summed E-state index contributed by atoms with van der Waals surface area (Å²) in [6.07, 6.45) is -4.68. The normalized spacial score (nSPS) is 13.6. The average molecular weight is 292 g/mol. The third-order valence-corrected chi connectivity index (χ3v) is 2.90. The van der Waals surface area contributed by atoms with Crippen molar-refractivity contribution in [2.45, 2.75) is 12.4 Å². The molecule has 0 saturated heterocycles. The lowest BCUT2D eigenvalue weighted by Crippen LogP contribution is -2.32. The molecule has 0 bridgehead atoms. The average Bonchev–Trinajstić information content (AvgIpc) is 2.37. The number of alkyl halides is 3. The number of halogens is 3. The zero-order valence-corrected chi connectivity index (χ0v) is 11.5. The van der Waals surface area contributed by atoms with E-state index in [-0.39, 0.29) is 11.8 Å². The Hall–Kier alpha value is -1.31. The predicted octanol–water partition coefficient (Wildman–Crippen LogP) is 2.16. The standard InChI is InChI=1S/C13H19F3N2O2/c1-18(7-8-19-2)12(9-17)10-3-5-11(6-4-10)20-13(14,15)16/h3-6,12H,7-9,17H2,1-2H3. The number of methoxy groups -OCH3 is 1. The zero-order valence-electron chi connectivity index (χ0n) is 11.5. The molecule has 1 aromatic rings. The van der Waals surface area contributed by atoms with Crippen LogP contribution in [0.25, 0.3) is 0 Å². The van der Waals surface area contributed by atoms with Crippen molar-refractivity contribution in [2.75, 3.05) is 33.9 Å². The predicted molar refractivity (Wildman–Crippen MR) is 69.4 cm³/mol. The Morgan fingerprint density at radius 2 is 1.85 bits per heavy atom. The summed E-state index contributed by atoms with van der Waals surface area (Å²) in [7, 11) is 3.49. The summed E-state index contributed by atoms with van der Waals surface area (Å²) in [5.41, 5.74) is 6.56. The van der Waals surface area contributed by atoms with Crippen molar-refractivity contribution in [3.8, 4) is 5.75 Å². The van der Waals surface area contributed by atoms with E-state index in [1.165, 1.54) is 12.1 Å². The Balaban J connectivity index is 2.74. The van der Waals surface area contributed by atoms with Gasteiger partial charge in [0.25, 0.3) is 0 Å². The lowest BCUT2D eigenvalue weighted by atomic mass is 10.1. The van der Waals surface area contributed by atoms with E-state index in [0.717, 1.165) is 5.56 Å². The molecule has 0 aliphatic rings. The molecule has 0 amide bonds. The van der Waals surface area contributed by atoms with E-state index in [1.807, 2.05) is 11.9 Å². The quantitative estimate of drug-likeness (QED) is 0.836. The Kier molecular flexibility index (Phi) is 6.25. The van der Waals surface area contributed by atoms with Crippen molar-refractivity contribution >= 4 is 0 Å². The summed E-state index contributed by atoms with van der Waals surface area (Å²) in [4.78, 5) is 1.99. The number of ether oxygens (including phenoxy) is 2. The van der Waals surface area contributed by atoms with Crippen LogP contribution < -0.4 is 10.5 Å². The first-order valence-corrected chi connectivity index (χ1v) is 6.12. The molecule has 20 heavy (non-hydrogen) atoms. The highest BCUT2D eigenvalue weighted by atomic mass is 19.4. The first kappa shape index (κ1) is 16.7. The second-order valence-corrected chi connectivity index (χ2v) is 4.34. The molecule has 0 aliphatic heterocycles.